The molecule has 0 aliphatic carbocycles. The van der Waals surface area contributed by atoms with Gasteiger partial charge in [-0.1, -0.05) is 54.6 Å². The van der Waals surface area contributed by atoms with E-state index >= 15 is 0 Å². The number of anilines is 1. The molecular formula is C23H24N2O3S. The minimum atomic E-state index is -3.24. The second-order valence-electron chi connectivity index (χ2n) is 7.00. The Hall–Kier alpha value is -3.12. The van der Waals surface area contributed by atoms with Crippen LogP contribution in [0.1, 0.15) is 18.5 Å². The molecule has 0 bridgehead atoms. The number of carbonyl (C=O) groups excluding carboxylic acids is 1. The van der Waals surface area contributed by atoms with Gasteiger partial charge in [0, 0.05) is 19.0 Å². The molecule has 3 aromatic carbocycles. The number of benzene rings is 3. The van der Waals surface area contributed by atoms with Crippen molar-refractivity contribution in [2.45, 2.75) is 17.9 Å². The van der Waals surface area contributed by atoms with Gasteiger partial charge in [0.25, 0.3) is 0 Å². The first-order valence-electron chi connectivity index (χ1n) is 9.25. The van der Waals surface area contributed by atoms with Gasteiger partial charge in [0.15, 0.2) is 9.84 Å². The summed E-state index contributed by atoms with van der Waals surface area (Å²) >= 11 is 0. The standard InChI is InChI=1S/C23H24N2O3S/c1-17(18-11-15-22(16-12-18)29(3,27)28)25(2)23(26)24-21-13-9-20(10-14-21)19-7-5-4-6-8-19/h4-17H,1-3H3,(H,24,26). The lowest BCUT2D eigenvalue weighted by molar-refractivity contribution is 0.208. The van der Waals surface area contributed by atoms with Gasteiger partial charge in [-0.05, 0) is 47.9 Å². The summed E-state index contributed by atoms with van der Waals surface area (Å²) in [6, 6.07) is 23.9. The molecule has 1 unspecified atom stereocenters. The van der Waals surface area contributed by atoms with Crippen molar-refractivity contribution >= 4 is 21.6 Å². The first-order valence-corrected chi connectivity index (χ1v) is 11.1. The predicted octanol–water partition coefficient (Wildman–Crippen LogP) is 4.98. The fourth-order valence-electron chi connectivity index (χ4n) is 2.98. The molecule has 0 aliphatic rings. The summed E-state index contributed by atoms with van der Waals surface area (Å²) in [7, 11) is -1.53. The van der Waals surface area contributed by atoms with E-state index in [2.05, 4.69) is 5.32 Å². The van der Waals surface area contributed by atoms with Crippen molar-refractivity contribution in [3.05, 3.63) is 84.4 Å². The normalized spacial score (nSPS) is 12.2. The van der Waals surface area contributed by atoms with Crippen LogP contribution in [0.25, 0.3) is 11.1 Å². The van der Waals surface area contributed by atoms with Crippen LogP contribution in [-0.4, -0.2) is 32.7 Å². The number of carbonyl (C=O) groups is 1. The molecule has 0 fully saturated rings. The zero-order chi connectivity index (χ0) is 21.0. The summed E-state index contributed by atoms with van der Waals surface area (Å²) < 4.78 is 23.2. The van der Waals surface area contributed by atoms with E-state index in [1.54, 1.807) is 36.2 Å². The van der Waals surface area contributed by atoms with Crippen molar-refractivity contribution in [2.75, 3.05) is 18.6 Å². The van der Waals surface area contributed by atoms with E-state index in [0.29, 0.717) is 5.69 Å². The highest BCUT2D eigenvalue weighted by Gasteiger charge is 2.18. The number of amides is 2. The van der Waals surface area contributed by atoms with Crippen molar-refractivity contribution in [2.24, 2.45) is 0 Å². The first kappa shape index (κ1) is 20.6. The summed E-state index contributed by atoms with van der Waals surface area (Å²) in [6.07, 6.45) is 1.17. The predicted molar refractivity (Wildman–Crippen MR) is 117 cm³/mol. The van der Waals surface area contributed by atoms with E-state index in [4.69, 9.17) is 0 Å². The molecule has 0 aliphatic heterocycles. The highest BCUT2D eigenvalue weighted by Crippen LogP contribution is 2.23. The zero-order valence-electron chi connectivity index (χ0n) is 16.7. The second-order valence-corrected chi connectivity index (χ2v) is 9.02. The van der Waals surface area contributed by atoms with Crippen molar-refractivity contribution in [3.63, 3.8) is 0 Å². The Morgan fingerprint density at radius 3 is 1.97 bits per heavy atom. The van der Waals surface area contributed by atoms with E-state index in [9.17, 15) is 13.2 Å². The molecule has 3 rings (SSSR count). The van der Waals surface area contributed by atoms with E-state index in [-0.39, 0.29) is 17.0 Å². The molecule has 0 aromatic heterocycles. The monoisotopic (exact) mass is 408 g/mol. The van der Waals surface area contributed by atoms with Crippen molar-refractivity contribution in [1.82, 2.24) is 4.90 Å². The van der Waals surface area contributed by atoms with Gasteiger partial charge in [0.2, 0.25) is 0 Å². The Labute approximate surface area is 171 Å². The van der Waals surface area contributed by atoms with Crippen LogP contribution in [0.5, 0.6) is 0 Å². The summed E-state index contributed by atoms with van der Waals surface area (Å²) in [4.78, 5) is 14.5. The second kappa shape index (κ2) is 8.49. The topological polar surface area (TPSA) is 66.5 Å². The Balaban J connectivity index is 1.67. The van der Waals surface area contributed by atoms with E-state index in [1.807, 2.05) is 61.5 Å². The van der Waals surface area contributed by atoms with Crippen molar-refractivity contribution < 1.29 is 13.2 Å². The molecule has 0 saturated carbocycles. The summed E-state index contributed by atoms with van der Waals surface area (Å²) in [5.41, 5.74) is 3.76. The van der Waals surface area contributed by atoms with Crippen LogP contribution in [0.15, 0.2) is 83.8 Å². The van der Waals surface area contributed by atoms with Crippen LogP contribution in [-0.2, 0) is 9.84 Å². The molecule has 6 heteroatoms. The van der Waals surface area contributed by atoms with E-state index < -0.39 is 9.84 Å². The Morgan fingerprint density at radius 1 is 0.862 bits per heavy atom. The number of hydrogen-bond donors (Lipinski definition) is 1. The van der Waals surface area contributed by atoms with Crippen LogP contribution in [0.4, 0.5) is 10.5 Å². The summed E-state index contributed by atoms with van der Waals surface area (Å²) in [5, 5.41) is 2.90. The first-order chi connectivity index (χ1) is 13.8. The molecule has 1 atom stereocenters. The fourth-order valence-corrected chi connectivity index (χ4v) is 3.61. The van der Waals surface area contributed by atoms with Gasteiger partial charge in [-0.2, -0.15) is 0 Å². The number of hydrogen-bond acceptors (Lipinski definition) is 3. The van der Waals surface area contributed by atoms with Crippen LogP contribution in [0.2, 0.25) is 0 Å². The number of nitrogens with zero attached hydrogens (tertiary/aromatic N) is 1. The number of nitrogens with one attached hydrogen (secondary N) is 1. The highest BCUT2D eigenvalue weighted by molar-refractivity contribution is 7.90. The van der Waals surface area contributed by atoms with Crippen molar-refractivity contribution in [1.29, 1.82) is 0 Å². The molecule has 0 spiro atoms. The lowest BCUT2D eigenvalue weighted by Crippen LogP contribution is -2.33. The molecule has 1 N–H and O–H groups in total. The van der Waals surface area contributed by atoms with Crippen LogP contribution in [0, 0.1) is 0 Å². The van der Waals surface area contributed by atoms with Gasteiger partial charge in [0.1, 0.15) is 0 Å². The van der Waals surface area contributed by atoms with Crippen LogP contribution >= 0.6 is 0 Å². The fraction of sp³-hybridized carbons (Fsp3) is 0.174. The quantitative estimate of drug-likeness (QED) is 0.647. The van der Waals surface area contributed by atoms with Gasteiger partial charge < -0.3 is 10.2 Å². The Morgan fingerprint density at radius 2 is 1.41 bits per heavy atom. The molecule has 2 amide bonds. The average Bonchev–Trinajstić information content (AvgIpc) is 2.73. The van der Waals surface area contributed by atoms with Crippen LogP contribution in [0.3, 0.4) is 0 Å². The van der Waals surface area contributed by atoms with Gasteiger partial charge >= 0.3 is 6.03 Å². The third kappa shape index (κ3) is 5.03. The molecule has 0 radical (unpaired) electrons. The van der Waals surface area contributed by atoms with Crippen LogP contribution < -0.4 is 5.32 Å². The summed E-state index contributed by atoms with van der Waals surface area (Å²) in [5.74, 6) is 0. The third-order valence-electron chi connectivity index (χ3n) is 4.94. The third-order valence-corrected chi connectivity index (χ3v) is 6.06. The zero-order valence-corrected chi connectivity index (χ0v) is 17.5. The maximum absolute atomic E-state index is 12.6. The van der Waals surface area contributed by atoms with Gasteiger partial charge in [-0.3, -0.25) is 0 Å². The number of urea groups is 1. The van der Waals surface area contributed by atoms with E-state index in [0.717, 1.165) is 16.7 Å². The average molecular weight is 409 g/mol. The molecular weight excluding hydrogens is 384 g/mol. The van der Waals surface area contributed by atoms with Crippen molar-refractivity contribution in [3.8, 4) is 11.1 Å². The lowest BCUT2D eigenvalue weighted by Gasteiger charge is -2.25. The van der Waals surface area contributed by atoms with E-state index in [1.165, 1.54) is 6.26 Å². The minimum absolute atomic E-state index is 0.216. The summed E-state index contributed by atoms with van der Waals surface area (Å²) in [6.45, 7) is 1.90. The number of sulfone groups is 1. The molecule has 0 saturated heterocycles. The van der Waals surface area contributed by atoms with Gasteiger partial charge in [-0.15, -0.1) is 0 Å². The molecule has 5 nitrogen and oxygen atoms in total. The smallest absolute Gasteiger partial charge is 0.321 e. The Bertz CT molecular complexity index is 1080. The number of rotatable bonds is 5. The minimum Gasteiger partial charge on any atom is -0.321 e. The highest BCUT2D eigenvalue weighted by atomic mass is 32.2. The molecule has 3 aromatic rings. The SMILES string of the molecule is CC(c1ccc(S(C)(=O)=O)cc1)N(C)C(=O)Nc1ccc(-c2ccccc2)cc1. The Kier molecular flexibility index (Phi) is 6.03. The molecule has 29 heavy (non-hydrogen) atoms. The van der Waals surface area contributed by atoms with Gasteiger partial charge in [0.05, 0.1) is 10.9 Å². The maximum atomic E-state index is 12.6. The van der Waals surface area contributed by atoms with Gasteiger partial charge in [-0.25, -0.2) is 13.2 Å². The largest absolute Gasteiger partial charge is 0.322 e. The molecule has 0 heterocycles. The lowest BCUT2D eigenvalue weighted by atomic mass is 10.1. The molecule has 150 valence electrons. The maximum Gasteiger partial charge on any atom is 0.322 e.